The summed E-state index contributed by atoms with van der Waals surface area (Å²) < 4.78 is 0. The summed E-state index contributed by atoms with van der Waals surface area (Å²) in [4.78, 5) is 42.4. The van der Waals surface area contributed by atoms with Crippen LogP contribution in [0.25, 0.3) is 0 Å². The average Bonchev–Trinajstić information content (AvgIpc) is 3.01. The van der Waals surface area contributed by atoms with Gasteiger partial charge in [-0.15, -0.1) is 0 Å². The van der Waals surface area contributed by atoms with E-state index < -0.39 is 23.9 Å². The Morgan fingerprint density at radius 1 is 0.188 bits per heavy atom. The zero-order valence-corrected chi connectivity index (χ0v) is 70.1. The first-order chi connectivity index (χ1) is 48.7. The van der Waals surface area contributed by atoms with Gasteiger partial charge in [0.2, 0.25) is 0 Å². The number of aliphatic carboxylic acids is 4. The summed E-state index contributed by atoms with van der Waals surface area (Å²) >= 11 is 6.78. The van der Waals surface area contributed by atoms with Crippen molar-refractivity contribution in [1.82, 2.24) is 0 Å². The van der Waals surface area contributed by atoms with Crippen molar-refractivity contribution in [3.8, 4) is 0 Å². The minimum absolute atomic E-state index is 0. The Morgan fingerprint density at radius 2 is 0.277 bits per heavy atom. The summed E-state index contributed by atoms with van der Waals surface area (Å²) in [5.74, 6) is 3.05. The Labute approximate surface area is 646 Å². The number of rotatable bonds is 80. The van der Waals surface area contributed by atoms with Crippen LogP contribution in [0.4, 0.5) is 0 Å². The molecule has 8 nitrogen and oxygen atoms in total. The molecule has 0 unspecified atom stereocenters. The monoisotopic (exact) mass is 1500 g/mol. The van der Waals surface area contributed by atoms with E-state index in [1.54, 1.807) is 47.0 Å². The molecule has 0 amide bonds. The van der Waals surface area contributed by atoms with Crippen LogP contribution in [-0.4, -0.2) is 90.3 Å². The van der Waals surface area contributed by atoms with Gasteiger partial charge in [0.25, 0.3) is 0 Å². The van der Waals surface area contributed by atoms with Gasteiger partial charge in [-0.2, -0.15) is 47.0 Å². The zero-order valence-electron chi connectivity index (χ0n) is 66.8. The molecule has 0 aliphatic carbocycles. The molecule has 101 heavy (non-hydrogen) atoms. The number of thioether (sulfide) groups is 4. The highest BCUT2D eigenvalue weighted by Gasteiger charge is 2.07. The number of carbonyl (C=O) groups is 4. The molecule has 0 saturated carbocycles. The first-order valence-corrected chi connectivity index (χ1v) is 47.3. The van der Waals surface area contributed by atoms with Crippen molar-refractivity contribution in [1.29, 1.82) is 0 Å². The van der Waals surface area contributed by atoms with Crippen molar-refractivity contribution < 1.29 is 39.6 Å². The number of hydrogen-bond acceptors (Lipinski definition) is 8. The van der Waals surface area contributed by atoms with Crippen molar-refractivity contribution in [2.24, 2.45) is 0 Å². The summed E-state index contributed by atoms with van der Waals surface area (Å²) in [6.07, 6.45) is 89.0. The van der Waals surface area contributed by atoms with Crippen molar-refractivity contribution in [3.63, 3.8) is 0 Å². The molecule has 0 rings (SSSR count). The van der Waals surface area contributed by atoms with E-state index in [1.165, 1.54) is 411 Å². The fourth-order valence-electron chi connectivity index (χ4n) is 12.0. The van der Waals surface area contributed by atoms with Gasteiger partial charge in [0.05, 0.1) is 0 Å². The van der Waals surface area contributed by atoms with Crippen molar-refractivity contribution in [2.75, 3.05) is 46.0 Å². The maximum atomic E-state index is 10.6. The zero-order chi connectivity index (χ0) is 74.4. The molecule has 0 aliphatic heterocycles. The molecule has 0 spiro atoms. The summed E-state index contributed by atoms with van der Waals surface area (Å²) in [5, 5.41) is 34.9. The van der Waals surface area contributed by atoms with Crippen molar-refractivity contribution in [2.45, 2.75) is 446 Å². The van der Waals surface area contributed by atoms with Crippen LogP contribution in [0.5, 0.6) is 0 Å². The molecule has 0 heterocycles. The fourth-order valence-corrected chi connectivity index (χ4v) is 15.7. The maximum Gasteiger partial charge on any atom is 0.331 e. The highest BCUT2D eigenvalue weighted by molar-refractivity contribution is 8.00. The highest BCUT2D eigenvalue weighted by Crippen LogP contribution is 2.21. The lowest BCUT2D eigenvalue weighted by Gasteiger charge is -2.04. The molecule has 0 aromatic rings. The number of carboxylic acid groups (broad SMARTS) is 4. The third-order valence-corrected chi connectivity index (χ3v) is 23.4. The first-order valence-electron chi connectivity index (χ1n) is 42.7. The molecular weight excluding hydrogens is 1330 g/mol. The van der Waals surface area contributed by atoms with E-state index in [1.807, 2.05) is 0 Å². The van der Waals surface area contributed by atoms with E-state index in [2.05, 4.69) is 54.0 Å². The molecule has 600 valence electrons. The van der Waals surface area contributed by atoms with Crippen molar-refractivity contribution >= 4 is 70.9 Å². The van der Waals surface area contributed by atoms with Crippen LogP contribution in [0.1, 0.15) is 446 Å². The van der Waals surface area contributed by atoms with Crippen molar-refractivity contribution in [3.05, 3.63) is 48.6 Å². The predicted molar refractivity (Wildman–Crippen MR) is 461 cm³/mol. The second-order valence-electron chi connectivity index (χ2n) is 29.1. The molecule has 4 N–H and O–H groups in total. The second kappa shape index (κ2) is 96.3. The Morgan fingerprint density at radius 3 is 0.366 bits per heavy atom. The van der Waals surface area contributed by atoms with Crippen LogP contribution in [-0.2, 0) is 19.2 Å². The summed E-state index contributed by atoms with van der Waals surface area (Å²) in [6, 6.07) is 0. The van der Waals surface area contributed by atoms with E-state index in [9.17, 15) is 19.2 Å². The number of hydrogen-bond donors (Lipinski definition) is 4. The quantitative estimate of drug-likeness (QED) is 0.0339. The van der Waals surface area contributed by atoms with E-state index in [0.717, 1.165) is 23.0 Å². The largest absolute Gasteiger partial charge is 0.478 e. The van der Waals surface area contributed by atoms with Crippen LogP contribution in [0.3, 0.4) is 0 Å². The van der Waals surface area contributed by atoms with Crippen LogP contribution in [0, 0.1) is 0 Å². The van der Waals surface area contributed by atoms with Gasteiger partial charge < -0.3 is 20.4 Å². The Hall–Kier alpha value is -1.76. The molecule has 0 bridgehead atoms. The summed E-state index contributed by atoms with van der Waals surface area (Å²) in [5.41, 5.74) is 1.28. The van der Waals surface area contributed by atoms with Crippen LogP contribution >= 0.6 is 47.0 Å². The highest BCUT2D eigenvalue weighted by atomic mass is 32.2. The molecular formula is C89H172O8S4. The minimum Gasteiger partial charge on any atom is -0.478 e. The second-order valence-corrected chi connectivity index (χ2v) is 33.5. The summed E-state index contributed by atoms with van der Waals surface area (Å²) in [7, 11) is 0. The molecule has 0 fully saturated rings. The third kappa shape index (κ3) is 102. The predicted octanol–water partition coefficient (Wildman–Crippen LogP) is 31.1. The van der Waals surface area contributed by atoms with Crippen LogP contribution in [0.15, 0.2) is 48.6 Å². The SMILES string of the molecule is C.C=C(CSCCCCCCCCCCCCCCCCCC)C(=O)O.C=C(CSCCCCCCCCCCCCCCCCCC)C(=O)O.C=C(CSCCCCCCCCCCCCCCCCCC)C(=O)O.C=C(CSCCCCCCCCCCCCCCCCCC)C(=O)O. The molecule has 0 aliphatic rings. The van der Waals surface area contributed by atoms with Gasteiger partial charge in [0.15, 0.2) is 0 Å². The normalized spacial score (nSPS) is 10.8. The molecule has 0 saturated heterocycles. The molecule has 0 aromatic heterocycles. The van der Waals surface area contributed by atoms with E-state index >= 15 is 0 Å². The first kappa shape index (κ1) is 108. The molecule has 0 aromatic carbocycles. The van der Waals surface area contributed by atoms with Gasteiger partial charge in [-0.3, -0.25) is 0 Å². The van der Waals surface area contributed by atoms with Gasteiger partial charge >= 0.3 is 23.9 Å². The van der Waals surface area contributed by atoms with Gasteiger partial charge in [-0.1, -0.05) is 447 Å². The molecule has 0 atom stereocenters. The van der Waals surface area contributed by atoms with Gasteiger partial charge in [0.1, 0.15) is 0 Å². The number of unbranched alkanes of at least 4 members (excludes halogenated alkanes) is 60. The standard InChI is InChI=1S/4C22H42O2S.CH4/c4*1-3-4-5-6-7-8-9-10-11-12-13-14-15-16-17-18-19-25-20-21(2)22(23)24;/h4*2-20H2,1H3,(H,23,24);1H4. The van der Waals surface area contributed by atoms with Crippen LogP contribution < -0.4 is 0 Å². The molecule has 12 heteroatoms. The molecule has 0 radical (unpaired) electrons. The number of carboxylic acids is 4. The maximum absolute atomic E-state index is 10.6. The third-order valence-electron chi connectivity index (χ3n) is 18.9. The summed E-state index contributed by atoms with van der Waals surface area (Å²) in [6.45, 7) is 23.3. The van der Waals surface area contributed by atoms with E-state index in [0.29, 0.717) is 45.3 Å². The minimum atomic E-state index is -0.862. The fraction of sp³-hybridized carbons (Fsp3) is 0.865. The Bertz CT molecular complexity index is 1510. The lowest BCUT2D eigenvalue weighted by atomic mass is 10.0. The van der Waals surface area contributed by atoms with Gasteiger partial charge in [-0.25, -0.2) is 19.2 Å². The Balaban J connectivity index is -0.000000404. The van der Waals surface area contributed by atoms with E-state index in [-0.39, 0.29) is 7.43 Å². The smallest absolute Gasteiger partial charge is 0.331 e. The topological polar surface area (TPSA) is 149 Å². The Kier molecular flexibility index (Phi) is 103. The van der Waals surface area contributed by atoms with Gasteiger partial charge in [-0.05, 0) is 48.7 Å². The average molecular weight is 1500 g/mol. The lowest BCUT2D eigenvalue weighted by molar-refractivity contribution is -0.133. The van der Waals surface area contributed by atoms with E-state index in [4.69, 9.17) is 20.4 Å². The lowest BCUT2D eigenvalue weighted by Crippen LogP contribution is -2.01. The van der Waals surface area contributed by atoms with Gasteiger partial charge in [0, 0.05) is 45.3 Å². The van der Waals surface area contributed by atoms with Crippen LogP contribution in [0.2, 0.25) is 0 Å².